The first-order chi connectivity index (χ1) is 12.5. The summed E-state index contributed by atoms with van der Waals surface area (Å²) in [6, 6.07) is 15.2. The van der Waals surface area contributed by atoms with Gasteiger partial charge in [-0.25, -0.2) is 13.1 Å². The van der Waals surface area contributed by atoms with E-state index in [2.05, 4.69) is 9.88 Å². The molecular weight excluding hydrogens is 356 g/mol. The van der Waals surface area contributed by atoms with E-state index in [4.69, 9.17) is 14.0 Å². The maximum Gasteiger partial charge on any atom is 0.240 e. The van der Waals surface area contributed by atoms with Crippen molar-refractivity contribution in [3.63, 3.8) is 0 Å². The van der Waals surface area contributed by atoms with Crippen molar-refractivity contribution < 1.29 is 22.4 Å². The fourth-order valence-corrected chi connectivity index (χ4v) is 3.29. The van der Waals surface area contributed by atoms with Crippen LogP contribution in [0.25, 0.3) is 11.3 Å². The Kier molecular flexibility index (Phi) is 5.24. The van der Waals surface area contributed by atoms with Gasteiger partial charge in [-0.15, -0.1) is 0 Å². The van der Waals surface area contributed by atoms with Crippen molar-refractivity contribution in [2.45, 2.75) is 11.4 Å². The van der Waals surface area contributed by atoms with Gasteiger partial charge in [0.1, 0.15) is 17.2 Å². The summed E-state index contributed by atoms with van der Waals surface area (Å²) in [4.78, 5) is 0.146. The van der Waals surface area contributed by atoms with E-state index in [-0.39, 0.29) is 11.4 Å². The SMILES string of the molecule is COc1ccc(-c2cc(CNS(=O)(=O)c3ccc(OC)cc3)on2)cc1. The largest absolute Gasteiger partial charge is 0.497 e. The van der Waals surface area contributed by atoms with Gasteiger partial charge in [0.05, 0.1) is 25.7 Å². The Bertz CT molecular complexity index is 964. The second kappa shape index (κ2) is 7.59. The van der Waals surface area contributed by atoms with E-state index in [0.29, 0.717) is 17.2 Å². The molecular formula is C18H18N2O5S. The molecule has 0 aliphatic carbocycles. The highest BCUT2D eigenvalue weighted by molar-refractivity contribution is 7.89. The number of rotatable bonds is 7. The molecule has 26 heavy (non-hydrogen) atoms. The summed E-state index contributed by atoms with van der Waals surface area (Å²) in [5.74, 6) is 1.74. The summed E-state index contributed by atoms with van der Waals surface area (Å²) in [5, 5.41) is 3.97. The summed E-state index contributed by atoms with van der Waals surface area (Å²) in [6.45, 7) is -0.00246. The van der Waals surface area contributed by atoms with E-state index in [1.807, 2.05) is 24.3 Å². The molecule has 1 N–H and O–H groups in total. The number of benzene rings is 2. The van der Waals surface area contributed by atoms with Crippen molar-refractivity contribution in [1.29, 1.82) is 0 Å². The highest BCUT2D eigenvalue weighted by Crippen LogP contribution is 2.22. The quantitative estimate of drug-likeness (QED) is 0.684. The van der Waals surface area contributed by atoms with Crippen LogP contribution in [-0.4, -0.2) is 27.8 Å². The average molecular weight is 374 g/mol. The van der Waals surface area contributed by atoms with Crippen molar-refractivity contribution in [2.24, 2.45) is 0 Å². The van der Waals surface area contributed by atoms with Crippen molar-refractivity contribution in [3.8, 4) is 22.8 Å². The maximum absolute atomic E-state index is 12.3. The Morgan fingerprint density at radius 3 is 2.12 bits per heavy atom. The molecule has 0 atom stereocenters. The molecule has 0 radical (unpaired) electrons. The molecule has 0 aliphatic heterocycles. The number of hydrogen-bond acceptors (Lipinski definition) is 6. The van der Waals surface area contributed by atoms with Gasteiger partial charge >= 0.3 is 0 Å². The molecule has 0 spiro atoms. The number of ether oxygens (including phenoxy) is 2. The smallest absolute Gasteiger partial charge is 0.240 e. The molecule has 0 amide bonds. The van der Waals surface area contributed by atoms with Gasteiger partial charge in [-0.05, 0) is 48.5 Å². The van der Waals surface area contributed by atoms with Crippen LogP contribution in [-0.2, 0) is 16.6 Å². The maximum atomic E-state index is 12.3. The molecule has 0 unspecified atom stereocenters. The van der Waals surface area contributed by atoms with Crippen molar-refractivity contribution >= 4 is 10.0 Å². The van der Waals surface area contributed by atoms with Crippen LogP contribution in [0.3, 0.4) is 0 Å². The second-order valence-electron chi connectivity index (χ2n) is 5.41. The molecule has 0 fully saturated rings. The molecule has 8 heteroatoms. The van der Waals surface area contributed by atoms with Gasteiger partial charge in [0.25, 0.3) is 0 Å². The fourth-order valence-electron chi connectivity index (χ4n) is 2.30. The lowest BCUT2D eigenvalue weighted by Crippen LogP contribution is -2.22. The lowest BCUT2D eigenvalue weighted by molar-refractivity contribution is 0.382. The molecule has 136 valence electrons. The van der Waals surface area contributed by atoms with Crippen LogP contribution in [0.15, 0.2) is 64.0 Å². The van der Waals surface area contributed by atoms with Crippen LogP contribution < -0.4 is 14.2 Å². The van der Waals surface area contributed by atoms with Gasteiger partial charge in [0, 0.05) is 11.6 Å². The Balaban J connectivity index is 1.68. The predicted octanol–water partition coefficient (Wildman–Crippen LogP) is 2.84. The van der Waals surface area contributed by atoms with Crippen LogP contribution in [0.2, 0.25) is 0 Å². The Morgan fingerprint density at radius 2 is 1.54 bits per heavy atom. The summed E-state index contributed by atoms with van der Waals surface area (Å²) in [5.41, 5.74) is 1.46. The van der Waals surface area contributed by atoms with E-state index in [0.717, 1.165) is 11.3 Å². The zero-order valence-corrected chi connectivity index (χ0v) is 15.1. The van der Waals surface area contributed by atoms with Crippen molar-refractivity contribution in [2.75, 3.05) is 14.2 Å². The third kappa shape index (κ3) is 4.04. The second-order valence-corrected chi connectivity index (χ2v) is 7.17. The number of sulfonamides is 1. The molecule has 1 heterocycles. The summed E-state index contributed by atoms with van der Waals surface area (Å²) in [6.07, 6.45) is 0. The lowest BCUT2D eigenvalue weighted by atomic mass is 10.1. The molecule has 2 aromatic carbocycles. The Morgan fingerprint density at radius 1 is 0.962 bits per heavy atom. The first-order valence-corrected chi connectivity index (χ1v) is 9.24. The minimum absolute atomic E-state index is 0.00246. The van der Waals surface area contributed by atoms with Crippen molar-refractivity contribution in [1.82, 2.24) is 9.88 Å². The molecule has 0 saturated carbocycles. The third-order valence-corrected chi connectivity index (χ3v) is 5.17. The van der Waals surface area contributed by atoms with E-state index in [9.17, 15) is 8.42 Å². The standard InChI is InChI=1S/C18H18N2O5S/c1-23-14-5-3-13(4-6-14)18-11-16(25-20-18)12-19-26(21,22)17-9-7-15(24-2)8-10-17/h3-11,19H,12H2,1-2H3. The van der Waals surface area contributed by atoms with Gasteiger partial charge in [-0.3, -0.25) is 0 Å². The highest BCUT2D eigenvalue weighted by Gasteiger charge is 2.15. The van der Waals surface area contributed by atoms with E-state index in [1.165, 1.54) is 19.2 Å². The number of nitrogens with one attached hydrogen (secondary N) is 1. The Hall–Kier alpha value is -2.84. The van der Waals surface area contributed by atoms with Gasteiger partial charge in [-0.1, -0.05) is 5.16 Å². The van der Waals surface area contributed by atoms with Crippen LogP contribution in [0.4, 0.5) is 0 Å². The van der Waals surface area contributed by atoms with Gasteiger partial charge < -0.3 is 14.0 Å². The molecule has 3 rings (SSSR count). The van der Waals surface area contributed by atoms with Crippen LogP contribution in [0.1, 0.15) is 5.76 Å². The van der Waals surface area contributed by atoms with E-state index >= 15 is 0 Å². The average Bonchev–Trinajstić information content (AvgIpc) is 3.16. The number of nitrogens with zero attached hydrogens (tertiary/aromatic N) is 1. The fraction of sp³-hybridized carbons (Fsp3) is 0.167. The molecule has 1 aromatic heterocycles. The Labute approximate surface area is 151 Å². The first-order valence-electron chi connectivity index (χ1n) is 7.75. The minimum atomic E-state index is -3.66. The van der Waals surface area contributed by atoms with Gasteiger partial charge in [-0.2, -0.15) is 0 Å². The normalized spacial score (nSPS) is 11.3. The van der Waals surface area contributed by atoms with Crippen molar-refractivity contribution in [3.05, 3.63) is 60.4 Å². The van der Waals surface area contributed by atoms with Gasteiger partial charge in [0.2, 0.25) is 10.0 Å². The lowest BCUT2D eigenvalue weighted by Gasteiger charge is -2.06. The van der Waals surface area contributed by atoms with Crippen LogP contribution in [0.5, 0.6) is 11.5 Å². The molecule has 3 aromatic rings. The van der Waals surface area contributed by atoms with E-state index in [1.54, 1.807) is 25.3 Å². The zero-order valence-electron chi connectivity index (χ0n) is 14.3. The van der Waals surface area contributed by atoms with Crippen LogP contribution in [0, 0.1) is 0 Å². The zero-order chi connectivity index (χ0) is 18.6. The third-order valence-electron chi connectivity index (χ3n) is 3.75. The van der Waals surface area contributed by atoms with Crippen LogP contribution >= 0.6 is 0 Å². The minimum Gasteiger partial charge on any atom is -0.497 e. The summed E-state index contributed by atoms with van der Waals surface area (Å²) in [7, 11) is -0.542. The number of aromatic nitrogens is 1. The molecule has 7 nitrogen and oxygen atoms in total. The van der Waals surface area contributed by atoms with Gasteiger partial charge in [0.15, 0.2) is 5.76 Å². The molecule has 0 saturated heterocycles. The predicted molar refractivity (Wildman–Crippen MR) is 95.5 cm³/mol. The summed E-state index contributed by atoms with van der Waals surface area (Å²) < 4.78 is 42.5. The van der Waals surface area contributed by atoms with E-state index < -0.39 is 10.0 Å². The highest BCUT2D eigenvalue weighted by atomic mass is 32.2. The monoisotopic (exact) mass is 374 g/mol. The molecule has 0 aliphatic rings. The number of methoxy groups -OCH3 is 2. The first kappa shape index (κ1) is 18.0. The summed E-state index contributed by atoms with van der Waals surface area (Å²) >= 11 is 0. The molecule has 0 bridgehead atoms. The topological polar surface area (TPSA) is 90.7 Å². The number of hydrogen-bond donors (Lipinski definition) is 1.